The Bertz CT molecular complexity index is 831. The van der Waals surface area contributed by atoms with Crippen LogP contribution in [0.2, 0.25) is 0 Å². The van der Waals surface area contributed by atoms with E-state index < -0.39 is 5.72 Å². The van der Waals surface area contributed by atoms with Gasteiger partial charge in [0.25, 0.3) is 0 Å². The van der Waals surface area contributed by atoms with Gasteiger partial charge in [-0.1, -0.05) is 6.07 Å². The third-order valence-electron chi connectivity index (χ3n) is 4.93. The van der Waals surface area contributed by atoms with Crippen molar-refractivity contribution in [2.45, 2.75) is 50.8 Å². The Morgan fingerprint density at radius 1 is 1.32 bits per heavy atom. The number of carbonyl (C=O) groups is 1. The molecule has 0 saturated carbocycles. The van der Waals surface area contributed by atoms with Gasteiger partial charge in [0.05, 0.1) is 0 Å². The number of hydrogen-bond donors (Lipinski definition) is 3. The van der Waals surface area contributed by atoms with Crippen molar-refractivity contribution in [2.24, 2.45) is 0 Å². The summed E-state index contributed by atoms with van der Waals surface area (Å²) in [7, 11) is 0. The largest absolute Gasteiger partial charge is 0.508 e. The van der Waals surface area contributed by atoms with E-state index >= 15 is 0 Å². The fourth-order valence-electron chi connectivity index (χ4n) is 4.23. The van der Waals surface area contributed by atoms with Gasteiger partial charge in [0.1, 0.15) is 11.5 Å². The highest BCUT2D eigenvalue weighted by atomic mass is 32.1. The second kappa shape index (κ2) is 5.39. The molecule has 2 aromatic rings. The molecule has 1 aromatic heterocycles. The van der Waals surface area contributed by atoms with Gasteiger partial charge in [-0.2, -0.15) is 0 Å². The number of benzene rings is 1. The molecule has 5 nitrogen and oxygen atoms in total. The van der Waals surface area contributed by atoms with Crippen molar-refractivity contribution in [1.82, 2.24) is 10.6 Å². The first-order valence-electron chi connectivity index (χ1n) is 8.43. The molecule has 1 saturated heterocycles. The number of amides is 2. The van der Waals surface area contributed by atoms with Crippen LogP contribution in [0.15, 0.2) is 29.6 Å². The minimum Gasteiger partial charge on any atom is -0.508 e. The molecule has 132 valence electrons. The summed E-state index contributed by atoms with van der Waals surface area (Å²) in [5.41, 5.74) is 0.943. The molecule has 2 atom stereocenters. The van der Waals surface area contributed by atoms with Gasteiger partial charge in [0, 0.05) is 40.8 Å². The number of phenolic OH excluding ortho intramolecular Hbond substituents is 1. The fourth-order valence-corrected chi connectivity index (χ4v) is 5.06. The van der Waals surface area contributed by atoms with Crippen LogP contribution < -0.4 is 15.4 Å². The van der Waals surface area contributed by atoms with Crippen LogP contribution in [0.5, 0.6) is 11.5 Å². The van der Waals surface area contributed by atoms with E-state index in [1.807, 2.05) is 26.8 Å². The lowest BCUT2D eigenvalue weighted by Crippen LogP contribution is -2.69. The zero-order valence-corrected chi connectivity index (χ0v) is 15.4. The number of hydrogen-bond acceptors (Lipinski definition) is 4. The number of rotatable bonds is 1. The van der Waals surface area contributed by atoms with Crippen LogP contribution in [0.3, 0.4) is 0 Å². The smallest absolute Gasteiger partial charge is 0.318 e. The Morgan fingerprint density at radius 3 is 2.80 bits per heavy atom. The van der Waals surface area contributed by atoms with Gasteiger partial charge in [-0.25, -0.2) is 4.79 Å². The number of nitrogens with one attached hydrogen (secondary N) is 2. The van der Waals surface area contributed by atoms with E-state index in [-0.39, 0.29) is 23.2 Å². The summed E-state index contributed by atoms with van der Waals surface area (Å²) in [5, 5.41) is 18.1. The minimum absolute atomic E-state index is 0.124. The van der Waals surface area contributed by atoms with Crippen molar-refractivity contribution >= 4 is 17.4 Å². The lowest BCUT2D eigenvalue weighted by molar-refractivity contribution is -0.0234. The number of carbonyl (C=O) groups excluding carboxylic acids is 1. The van der Waals surface area contributed by atoms with Crippen LogP contribution in [0.25, 0.3) is 0 Å². The molecule has 2 aliphatic heterocycles. The molecule has 3 N–H and O–H groups in total. The van der Waals surface area contributed by atoms with Crippen LogP contribution in [0.4, 0.5) is 4.79 Å². The Hall–Kier alpha value is -2.21. The fraction of sp³-hybridized carbons (Fsp3) is 0.421. The molecular formula is C19H22N2O3S. The topological polar surface area (TPSA) is 70.6 Å². The number of fused-ring (bicyclic) bond motifs is 1. The molecule has 3 heterocycles. The van der Waals surface area contributed by atoms with Gasteiger partial charge in [0.2, 0.25) is 0 Å². The Balaban J connectivity index is 1.85. The second-order valence-corrected chi connectivity index (χ2v) is 8.66. The van der Waals surface area contributed by atoms with Crippen LogP contribution in [0.1, 0.15) is 48.6 Å². The van der Waals surface area contributed by atoms with E-state index in [2.05, 4.69) is 22.1 Å². The number of aromatic hydroxyl groups is 1. The summed E-state index contributed by atoms with van der Waals surface area (Å²) in [6.07, 6.45) is 1.31. The molecule has 1 spiro atoms. The van der Waals surface area contributed by atoms with Gasteiger partial charge < -0.3 is 20.5 Å². The predicted molar refractivity (Wildman–Crippen MR) is 97.3 cm³/mol. The highest BCUT2D eigenvalue weighted by Gasteiger charge is 2.50. The lowest BCUT2D eigenvalue weighted by Gasteiger charge is -2.49. The lowest BCUT2D eigenvalue weighted by atomic mass is 9.78. The molecule has 6 heteroatoms. The summed E-state index contributed by atoms with van der Waals surface area (Å²) in [6, 6.07) is 7.37. The third kappa shape index (κ3) is 2.84. The summed E-state index contributed by atoms with van der Waals surface area (Å²) in [6.45, 7) is 5.99. The summed E-state index contributed by atoms with van der Waals surface area (Å²) in [5.74, 6) is 0.955. The maximum atomic E-state index is 12.2. The highest BCUT2D eigenvalue weighted by Crippen LogP contribution is 2.49. The van der Waals surface area contributed by atoms with E-state index in [0.717, 1.165) is 11.1 Å². The third-order valence-corrected chi connectivity index (χ3v) is 5.91. The first kappa shape index (κ1) is 16.3. The van der Waals surface area contributed by atoms with Crippen molar-refractivity contribution in [2.75, 3.05) is 0 Å². The van der Waals surface area contributed by atoms with E-state index in [4.69, 9.17) is 4.74 Å². The Morgan fingerprint density at radius 2 is 2.12 bits per heavy atom. The van der Waals surface area contributed by atoms with Crippen molar-refractivity contribution < 1.29 is 14.6 Å². The first-order chi connectivity index (χ1) is 11.8. The van der Waals surface area contributed by atoms with Crippen LogP contribution >= 0.6 is 11.3 Å². The minimum atomic E-state index is -0.784. The zero-order chi connectivity index (χ0) is 17.8. The van der Waals surface area contributed by atoms with Crippen LogP contribution in [-0.2, 0) is 0 Å². The van der Waals surface area contributed by atoms with Crippen molar-refractivity contribution in [3.05, 3.63) is 45.6 Å². The summed E-state index contributed by atoms with van der Waals surface area (Å²) < 4.78 is 6.33. The molecule has 25 heavy (non-hydrogen) atoms. The van der Waals surface area contributed by atoms with Gasteiger partial charge in [-0.15, -0.1) is 11.3 Å². The summed E-state index contributed by atoms with van der Waals surface area (Å²) in [4.78, 5) is 13.5. The van der Waals surface area contributed by atoms with Crippen molar-refractivity contribution in [3.8, 4) is 11.5 Å². The number of aryl methyl sites for hydroxylation is 1. The summed E-state index contributed by atoms with van der Waals surface area (Å²) >= 11 is 1.71. The van der Waals surface area contributed by atoms with Crippen LogP contribution in [-0.4, -0.2) is 22.4 Å². The van der Waals surface area contributed by atoms with Gasteiger partial charge in [0.15, 0.2) is 5.72 Å². The standard InChI is InChI=1S/C19H22N2O3S/c1-11-7-12(22)8-14-16(11)13(15-5-4-6-25-15)9-19(24-14)10-18(2,3)20-17(23)21-19/h4-8,13,22H,9-10H2,1-3H3,(H2,20,21,23). The number of thiophene rings is 1. The maximum Gasteiger partial charge on any atom is 0.318 e. The van der Waals surface area contributed by atoms with E-state index in [1.54, 1.807) is 23.5 Å². The van der Waals surface area contributed by atoms with Crippen LogP contribution in [0, 0.1) is 6.92 Å². The van der Waals surface area contributed by atoms with Crippen molar-refractivity contribution in [1.29, 1.82) is 0 Å². The number of urea groups is 1. The van der Waals surface area contributed by atoms with Gasteiger partial charge >= 0.3 is 6.03 Å². The first-order valence-corrected chi connectivity index (χ1v) is 9.31. The molecule has 1 fully saturated rings. The van der Waals surface area contributed by atoms with E-state index in [1.165, 1.54) is 4.88 Å². The molecule has 2 amide bonds. The monoisotopic (exact) mass is 358 g/mol. The Labute approximate surface area is 151 Å². The zero-order valence-electron chi connectivity index (χ0n) is 14.6. The molecule has 0 aliphatic carbocycles. The quantitative estimate of drug-likeness (QED) is 0.725. The normalized spacial score (nSPS) is 27.2. The van der Waals surface area contributed by atoms with E-state index in [9.17, 15) is 9.90 Å². The number of phenols is 1. The molecule has 1 aromatic carbocycles. The molecule has 0 bridgehead atoms. The predicted octanol–water partition coefficient (Wildman–Crippen LogP) is 3.85. The SMILES string of the molecule is Cc1cc(O)cc2c1C(c1cccs1)CC1(CC(C)(C)NC(=O)N1)O2. The molecule has 4 rings (SSSR count). The van der Waals surface area contributed by atoms with Crippen molar-refractivity contribution in [3.63, 3.8) is 0 Å². The second-order valence-electron chi connectivity index (χ2n) is 7.68. The molecule has 0 radical (unpaired) electrons. The van der Waals surface area contributed by atoms with Gasteiger partial charge in [-0.3, -0.25) is 0 Å². The Kier molecular flexibility index (Phi) is 3.51. The maximum absolute atomic E-state index is 12.2. The average molecular weight is 358 g/mol. The molecule has 2 aliphatic rings. The highest BCUT2D eigenvalue weighted by molar-refractivity contribution is 7.10. The number of ether oxygens (including phenoxy) is 1. The van der Waals surface area contributed by atoms with Gasteiger partial charge in [-0.05, 0) is 43.8 Å². The molecular weight excluding hydrogens is 336 g/mol. The van der Waals surface area contributed by atoms with E-state index in [0.29, 0.717) is 18.6 Å². The molecule has 2 unspecified atom stereocenters. The average Bonchev–Trinajstić information content (AvgIpc) is 2.96.